The Balaban J connectivity index is 0.00000144. The maximum atomic E-state index is 10.5. The summed E-state index contributed by atoms with van der Waals surface area (Å²) in [7, 11) is -3.14. The molecular formula is C7H7CuO4P. The first-order valence-electron chi connectivity index (χ1n) is 3.21. The summed E-state index contributed by atoms with van der Waals surface area (Å²) in [4.78, 5) is 20.9. The zero-order valence-electron chi connectivity index (χ0n) is 6.69. The van der Waals surface area contributed by atoms with Crippen molar-refractivity contribution in [2.24, 2.45) is 0 Å². The summed E-state index contributed by atoms with van der Waals surface area (Å²) in [6.45, 7) is 0. The molecule has 0 heterocycles. The first kappa shape index (κ1) is 12.7. The van der Waals surface area contributed by atoms with Gasteiger partial charge in [-0.3, -0.25) is 0 Å². The second-order valence-electron chi connectivity index (χ2n) is 2.20. The van der Waals surface area contributed by atoms with E-state index in [0.717, 1.165) is 0 Å². The smallest absolute Gasteiger partial charge is 0.807 e. The van der Waals surface area contributed by atoms with E-state index in [4.69, 9.17) is 4.74 Å². The van der Waals surface area contributed by atoms with Crippen molar-refractivity contribution in [1.29, 1.82) is 0 Å². The van der Waals surface area contributed by atoms with E-state index in [-0.39, 0.29) is 22.4 Å². The molecule has 0 aromatic heterocycles. The molecule has 4 nitrogen and oxygen atoms in total. The molecule has 0 saturated heterocycles. The molecule has 0 aliphatic heterocycles. The molecule has 1 radical (unpaired) electrons. The van der Waals surface area contributed by atoms with Gasteiger partial charge in [0.15, 0.2) is 0 Å². The Labute approximate surface area is 86.6 Å². The van der Waals surface area contributed by atoms with Gasteiger partial charge in [0, 0.05) is 0 Å². The number of hydrogen-bond acceptors (Lipinski definition) is 4. The van der Waals surface area contributed by atoms with Crippen LogP contribution < -0.4 is 19.8 Å². The van der Waals surface area contributed by atoms with Gasteiger partial charge in [-0.05, 0) is 25.0 Å². The Morgan fingerprint density at radius 1 is 1.23 bits per heavy atom. The molecule has 0 N–H and O–H groups in total. The van der Waals surface area contributed by atoms with Gasteiger partial charge in [-0.15, -0.1) is 0 Å². The van der Waals surface area contributed by atoms with Gasteiger partial charge in [-0.1, -0.05) is 12.1 Å². The summed E-state index contributed by atoms with van der Waals surface area (Å²) >= 11 is 0. The summed E-state index contributed by atoms with van der Waals surface area (Å²) in [6, 6.07) is 5.30. The predicted molar refractivity (Wildman–Crippen MR) is 40.2 cm³/mol. The molecule has 0 atom stereocenters. The van der Waals surface area contributed by atoms with Crippen LogP contribution in [0.2, 0.25) is 0 Å². The van der Waals surface area contributed by atoms with Crippen LogP contribution >= 0.6 is 7.60 Å². The van der Waals surface area contributed by atoms with Gasteiger partial charge in [0.25, 0.3) is 0 Å². The Morgan fingerprint density at radius 3 is 2.00 bits per heavy atom. The molecule has 0 aliphatic carbocycles. The Kier molecular flexibility index (Phi) is 4.68. The summed E-state index contributed by atoms with van der Waals surface area (Å²) in [5, 5.41) is -0.219. The molecule has 0 saturated carbocycles. The fourth-order valence-electron chi connectivity index (χ4n) is 0.765. The summed E-state index contributed by atoms with van der Waals surface area (Å²) < 4.78 is 15.3. The zero-order chi connectivity index (χ0) is 9.19. The molecule has 0 aliphatic rings. The second-order valence-corrected chi connectivity index (χ2v) is 3.71. The van der Waals surface area contributed by atoms with Crippen LogP contribution in [0.25, 0.3) is 0 Å². The van der Waals surface area contributed by atoms with Crippen LogP contribution in [0.5, 0.6) is 5.75 Å². The van der Waals surface area contributed by atoms with Gasteiger partial charge in [-0.2, -0.15) is 0 Å². The molecule has 1 rings (SSSR count). The number of methoxy groups -OCH3 is 1. The molecule has 0 amide bonds. The predicted octanol–water partition coefficient (Wildman–Crippen LogP) is -0.768. The topological polar surface area (TPSA) is 72.4 Å². The monoisotopic (exact) mass is 249 g/mol. The van der Waals surface area contributed by atoms with Crippen LogP contribution in [-0.4, -0.2) is 7.11 Å². The maximum Gasteiger partial charge on any atom is 2.00 e. The van der Waals surface area contributed by atoms with Gasteiger partial charge < -0.3 is 19.1 Å². The van der Waals surface area contributed by atoms with Crippen LogP contribution in [0.4, 0.5) is 0 Å². The van der Waals surface area contributed by atoms with E-state index >= 15 is 0 Å². The average Bonchev–Trinajstić information content (AvgIpc) is 2.03. The zero-order valence-corrected chi connectivity index (χ0v) is 8.53. The van der Waals surface area contributed by atoms with Crippen molar-refractivity contribution in [3.63, 3.8) is 0 Å². The van der Waals surface area contributed by atoms with E-state index < -0.39 is 7.60 Å². The van der Waals surface area contributed by atoms with Gasteiger partial charge in [0.05, 0.1) is 7.11 Å². The third-order valence-electron chi connectivity index (χ3n) is 1.39. The van der Waals surface area contributed by atoms with E-state index in [2.05, 4.69) is 0 Å². The molecule has 0 fully saturated rings. The largest absolute Gasteiger partial charge is 2.00 e. The van der Waals surface area contributed by atoms with Gasteiger partial charge >= 0.3 is 17.1 Å². The molecule has 75 valence electrons. The summed E-state index contributed by atoms with van der Waals surface area (Å²) in [5.74, 6) is 0.521. The van der Waals surface area contributed by atoms with Crippen molar-refractivity contribution >= 4 is 12.9 Å². The Hall–Kier alpha value is -0.311. The number of benzene rings is 1. The van der Waals surface area contributed by atoms with E-state index in [0.29, 0.717) is 5.75 Å². The molecule has 0 unspecified atom stereocenters. The van der Waals surface area contributed by atoms with Crippen molar-refractivity contribution in [2.45, 2.75) is 0 Å². The molecular weight excluding hydrogens is 243 g/mol. The van der Waals surface area contributed by atoms with Gasteiger partial charge in [-0.25, -0.2) is 0 Å². The molecule has 0 bridgehead atoms. The second kappa shape index (κ2) is 4.80. The van der Waals surface area contributed by atoms with Crippen LogP contribution in [-0.2, 0) is 21.6 Å². The normalized spacial score (nSPS) is 10.4. The van der Waals surface area contributed by atoms with Crippen molar-refractivity contribution in [2.75, 3.05) is 7.11 Å². The van der Waals surface area contributed by atoms with E-state index in [1.807, 2.05) is 0 Å². The first-order valence-corrected chi connectivity index (χ1v) is 4.75. The summed E-state index contributed by atoms with van der Waals surface area (Å²) in [5.41, 5.74) is 0. The van der Waals surface area contributed by atoms with Crippen molar-refractivity contribution in [3.8, 4) is 5.75 Å². The summed E-state index contributed by atoms with van der Waals surface area (Å²) in [6.07, 6.45) is 0. The first-order chi connectivity index (χ1) is 5.54. The van der Waals surface area contributed by atoms with Crippen molar-refractivity contribution < 1.29 is 36.2 Å². The van der Waals surface area contributed by atoms with Crippen LogP contribution in [0.15, 0.2) is 24.3 Å². The molecule has 0 spiro atoms. The number of rotatable bonds is 2. The fraction of sp³-hybridized carbons (Fsp3) is 0.143. The van der Waals surface area contributed by atoms with Crippen LogP contribution in [0, 0.1) is 0 Å². The van der Waals surface area contributed by atoms with Crippen LogP contribution in [0.1, 0.15) is 0 Å². The minimum absolute atomic E-state index is 0. The van der Waals surface area contributed by atoms with E-state index in [1.54, 1.807) is 0 Å². The number of hydrogen-bond donors (Lipinski definition) is 0. The van der Waals surface area contributed by atoms with E-state index in [9.17, 15) is 14.4 Å². The molecule has 6 heteroatoms. The number of ether oxygens (including phenoxy) is 1. The minimum Gasteiger partial charge on any atom is -0.807 e. The Bertz CT molecular complexity index is 305. The molecule has 1 aromatic carbocycles. The third kappa shape index (κ3) is 3.51. The molecule has 13 heavy (non-hydrogen) atoms. The molecule has 1 aromatic rings. The average molecular weight is 250 g/mol. The minimum atomic E-state index is -4.60. The van der Waals surface area contributed by atoms with Crippen LogP contribution in [0.3, 0.4) is 0 Å². The Morgan fingerprint density at radius 2 is 1.69 bits per heavy atom. The van der Waals surface area contributed by atoms with Crippen molar-refractivity contribution in [3.05, 3.63) is 24.3 Å². The van der Waals surface area contributed by atoms with E-state index in [1.165, 1.54) is 31.4 Å². The standard InChI is InChI=1S/C7H9O4P.Cu/c1-11-6-2-4-7(5-3-6)12(8,9)10;/h2-5H,1H3,(H2,8,9,10);/q;+2/p-2. The van der Waals surface area contributed by atoms with Gasteiger partial charge in [0.2, 0.25) is 0 Å². The maximum absolute atomic E-state index is 10.5. The fourth-order valence-corrected chi connectivity index (χ4v) is 1.28. The quantitative estimate of drug-likeness (QED) is 0.510. The van der Waals surface area contributed by atoms with Gasteiger partial charge in [0.1, 0.15) is 5.75 Å². The SMILES string of the molecule is COc1ccc(P(=O)([O-])[O-])cc1.[Cu+2]. The third-order valence-corrected chi connectivity index (χ3v) is 2.32. The van der Waals surface area contributed by atoms with Crippen molar-refractivity contribution in [1.82, 2.24) is 0 Å².